The monoisotopic (exact) mass is 327 g/mol. The second kappa shape index (κ2) is 8.63. The van der Waals surface area contributed by atoms with Gasteiger partial charge in [0.05, 0.1) is 12.1 Å². The number of nitrogens with one attached hydrogen (secondary N) is 1. The minimum atomic E-state index is -1.13. The van der Waals surface area contributed by atoms with Gasteiger partial charge in [-0.25, -0.2) is 4.79 Å². The van der Waals surface area contributed by atoms with Gasteiger partial charge in [0.1, 0.15) is 5.75 Å². The normalized spacial score (nSPS) is 13.3. The topological polar surface area (TPSA) is 75.6 Å². The molecular weight excluding hydrogens is 306 g/mol. The number of carbonyl (C=O) groups is 2. The van der Waals surface area contributed by atoms with Crippen LogP contribution in [0.1, 0.15) is 44.7 Å². The predicted octanol–water partition coefficient (Wildman–Crippen LogP) is 3.42. The van der Waals surface area contributed by atoms with E-state index >= 15 is 0 Å². The molecule has 1 amide bonds. The van der Waals surface area contributed by atoms with Crippen LogP contribution in [-0.4, -0.2) is 24.1 Å². The molecule has 0 saturated carbocycles. The van der Waals surface area contributed by atoms with Crippen LogP contribution in [0.3, 0.4) is 0 Å². The van der Waals surface area contributed by atoms with Gasteiger partial charge in [0, 0.05) is 5.92 Å². The molecule has 6 heteroatoms. The van der Waals surface area contributed by atoms with E-state index in [0.717, 1.165) is 19.3 Å². The SMILES string of the molecule is CCCCC(C)C(=O)NC(C(=O)O)c1ccc(OC)c(Cl)c1. The maximum absolute atomic E-state index is 12.1. The van der Waals surface area contributed by atoms with E-state index in [1.165, 1.54) is 13.2 Å². The molecule has 0 aliphatic heterocycles. The number of amides is 1. The largest absolute Gasteiger partial charge is 0.495 e. The number of carboxylic acid groups (broad SMARTS) is 1. The highest BCUT2D eigenvalue weighted by molar-refractivity contribution is 6.32. The molecule has 22 heavy (non-hydrogen) atoms. The molecule has 1 aromatic rings. The van der Waals surface area contributed by atoms with E-state index in [1.807, 2.05) is 6.92 Å². The molecule has 2 unspecified atom stereocenters. The van der Waals surface area contributed by atoms with E-state index in [4.69, 9.17) is 16.3 Å². The summed E-state index contributed by atoms with van der Waals surface area (Å²) >= 11 is 6.02. The van der Waals surface area contributed by atoms with Crippen molar-refractivity contribution in [2.24, 2.45) is 5.92 Å². The van der Waals surface area contributed by atoms with Crippen molar-refractivity contribution in [2.45, 2.75) is 39.2 Å². The van der Waals surface area contributed by atoms with Gasteiger partial charge in [0.25, 0.3) is 0 Å². The van der Waals surface area contributed by atoms with E-state index in [9.17, 15) is 14.7 Å². The molecular formula is C16H22ClNO4. The number of hydrogen-bond acceptors (Lipinski definition) is 3. The van der Waals surface area contributed by atoms with Crippen LogP contribution in [0.15, 0.2) is 18.2 Å². The number of methoxy groups -OCH3 is 1. The summed E-state index contributed by atoms with van der Waals surface area (Å²) in [6, 6.07) is 3.54. The second-order valence-corrected chi connectivity index (χ2v) is 5.62. The summed E-state index contributed by atoms with van der Waals surface area (Å²) < 4.78 is 5.04. The summed E-state index contributed by atoms with van der Waals surface area (Å²) in [4.78, 5) is 23.6. The Kier molecular flexibility index (Phi) is 7.18. The lowest BCUT2D eigenvalue weighted by Crippen LogP contribution is -2.37. The van der Waals surface area contributed by atoms with Crippen molar-refractivity contribution >= 4 is 23.5 Å². The Labute approximate surface area is 135 Å². The third kappa shape index (κ3) is 4.91. The number of rotatable bonds is 8. The fourth-order valence-corrected chi connectivity index (χ4v) is 2.34. The van der Waals surface area contributed by atoms with E-state index < -0.39 is 12.0 Å². The fourth-order valence-electron chi connectivity index (χ4n) is 2.08. The summed E-state index contributed by atoms with van der Waals surface area (Å²) in [7, 11) is 1.48. The van der Waals surface area contributed by atoms with Gasteiger partial charge in [-0.3, -0.25) is 4.79 Å². The van der Waals surface area contributed by atoms with Crippen LogP contribution in [0, 0.1) is 5.92 Å². The van der Waals surface area contributed by atoms with Gasteiger partial charge in [-0.2, -0.15) is 0 Å². The molecule has 0 aromatic heterocycles. The molecule has 122 valence electrons. The fraction of sp³-hybridized carbons (Fsp3) is 0.500. The molecule has 0 aliphatic rings. The van der Waals surface area contributed by atoms with Crippen molar-refractivity contribution in [1.82, 2.24) is 5.32 Å². The molecule has 5 nitrogen and oxygen atoms in total. The van der Waals surface area contributed by atoms with E-state index in [-0.39, 0.29) is 11.8 Å². The van der Waals surface area contributed by atoms with Crippen LogP contribution in [0.4, 0.5) is 0 Å². The van der Waals surface area contributed by atoms with Crippen LogP contribution in [0.5, 0.6) is 5.75 Å². The highest BCUT2D eigenvalue weighted by atomic mass is 35.5. The first-order valence-electron chi connectivity index (χ1n) is 7.27. The molecule has 1 rings (SSSR count). The highest BCUT2D eigenvalue weighted by Crippen LogP contribution is 2.28. The Morgan fingerprint density at radius 1 is 1.41 bits per heavy atom. The maximum Gasteiger partial charge on any atom is 0.330 e. The average Bonchev–Trinajstić information content (AvgIpc) is 2.49. The standard InChI is InChI=1S/C16H22ClNO4/c1-4-5-6-10(2)15(19)18-14(16(20)21)11-7-8-13(22-3)12(17)9-11/h7-10,14H,4-6H2,1-3H3,(H,18,19)(H,20,21). The second-order valence-electron chi connectivity index (χ2n) is 5.22. The van der Waals surface area contributed by atoms with Crippen molar-refractivity contribution in [1.29, 1.82) is 0 Å². The summed E-state index contributed by atoms with van der Waals surface area (Å²) in [6.45, 7) is 3.84. The third-order valence-electron chi connectivity index (χ3n) is 3.48. The quantitative estimate of drug-likeness (QED) is 0.767. The number of unbranched alkanes of at least 4 members (excludes halogenated alkanes) is 1. The van der Waals surface area contributed by atoms with Crippen molar-refractivity contribution in [3.05, 3.63) is 28.8 Å². The van der Waals surface area contributed by atoms with Crippen LogP contribution >= 0.6 is 11.6 Å². The van der Waals surface area contributed by atoms with Gasteiger partial charge in [-0.1, -0.05) is 44.4 Å². The van der Waals surface area contributed by atoms with Crippen LogP contribution < -0.4 is 10.1 Å². The molecule has 0 radical (unpaired) electrons. The van der Waals surface area contributed by atoms with Gasteiger partial charge in [0.15, 0.2) is 6.04 Å². The first kappa shape index (κ1) is 18.3. The van der Waals surface area contributed by atoms with Crippen LogP contribution in [0.25, 0.3) is 0 Å². The van der Waals surface area contributed by atoms with Gasteiger partial charge in [0.2, 0.25) is 5.91 Å². The van der Waals surface area contributed by atoms with Crippen molar-refractivity contribution in [2.75, 3.05) is 7.11 Å². The minimum absolute atomic E-state index is 0.226. The van der Waals surface area contributed by atoms with E-state index in [0.29, 0.717) is 16.3 Å². The molecule has 2 N–H and O–H groups in total. The van der Waals surface area contributed by atoms with Crippen LogP contribution in [0.2, 0.25) is 5.02 Å². The summed E-state index contributed by atoms with van der Waals surface area (Å²) in [5, 5.41) is 12.2. The Morgan fingerprint density at radius 2 is 2.09 bits per heavy atom. The lowest BCUT2D eigenvalue weighted by Gasteiger charge is -2.18. The van der Waals surface area contributed by atoms with Gasteiger partial charge in [-0.05, 0) is 24.1 Å². The van der Waals surface area contributed by atoms with Crippen molar-refractivity contribution < 1.29 is 19.4 Å². The average molecular weight is 328 g/mol. The van der Waals surface area contributed by atoms with Gasteiger partial charge < -0.3 is 15.2 Å². The number of aliphatic carboxylic acids is 1. The van der Waals surface area contributed by atoms with Crippen LogP contribution in [-0.2, 0) is 9.59 Å². The summed E-state index contributed by atoms with van der Waals surface area (Å²) in [6.07, 6.45) is 2.66. The zero-order valence-corrected chi connectivity index (χ0v) is 13.8. The lowest BCUT2D eigenvalue weighted by atomic mass is 10.0. The summed E-state index contributed by atoms with van der Waals surface area (Å²) in [5.41, 5.74) is 0.411. The number of hydrogen-bond donors (Lipinski definition) is 2. The molecule has 0 bridgehead atoms. The Bertz CT molecular complexity index is 533. The Balaban J connectivity index is 2.88. The lowest BCUT2D eigenvalue weighted by molar-refractivity contribution is -0.142. The zero-order chi connectivity index (χ0) is 16.7. The number of benzene rings is 1. The number of carbonyl (C=O) groups excluding carboxylic acids is 1. The molecule has 1 aromatic carbocycles. The minimum Gasteiger partial charge on any atom is -0.495 e. The van der Waals surface area contributed by atoms with Crippen molar-refractivity contribution in [3.8, 4) is 5.75 Å². The maximum atomic E-state index is 12.1. The smallest absolute Gasteiger partial charge is 0.330 e. The first-order chi connectivity index (χ1) is 10.4. The number of halogens is 1. The van der Waals surface area contributed by atoms with E-state index in [2.05, 4.69) is 5.32 Å². The van der Waals surface area contributed by atoms with E-state index in [1.54, 1.807) is 19.1 Å². The highest BCUT2D eigenvalue weighted by Gasteiger charge is 2.25. The molecule has 0 heterocycles. The molecule has 0 fully saturated rings. The van der Waals surface area contributed by atoms with Crippen molar-refractivity contribution in [3.63, 3.8) is 0 Å². The Morgan fingerprint density at radius 3 is 2.59 bits per heavy atom. The zero-order valence-electron chi connectivity index (χ0n) is 13.1. The molecule has 0 aliphatic carbocycles. The van der Waals surface area contributed by atoms with Gasteiger partial charge in [-0.15, -0.1) is 0 Å². The number of ether oxygens (including phenoxy) is 1. The van der Waals surface area contributed by atoms with Gasteiger partial charge >= 0.3 is 5.97 Å². The molecule has 2 atom stereocenters. The third-order valence-corrected chi connectivity index (χ3v) is 3.78. The molecule has 0 spiro atoms. The number of carboxylic acids is 1. The predicted molar refractivity (Wildman–Crippen MR) is 85.2 cm³/mol. The summed E-state index contributed by atoms with van der Waals surface area (Å²) in [5.74, 6) is -1.17. The Hall–Kier alpha value is -1.75. The first-order valence-corrected chi connectivity index (χ1v) is 7.65. The molecule has 0 saturated heterocycles.